The van der Waals surface area contributed by atoms with Crippen LogP contribution in [0, 0.1) is 6.92 Å². The van der Waals surface area contributed by atoms with E-state index in [1.807, 2.05) is 0 Å². The van der Waals surface area contributed by atoms with Gasteiger partial charge in [0.2, 0.25) is 0 Å². The maximum atomic E-state index is 10.3. The Kier molecular flexibility index (Phi) is 4.85. The molecule has 0 aromatic heterocycles. The van der Waals surface area contributed by atoms with Crippen molar-refractivity contribution in [3.8, 4) is 0 Å². The quantitative estimate of drug-likeness (QED) is 0.538. The van der Waals surface area contributed by atoms with Crippen LogP contribution in [0.25, 0.3) is 0 Å². The van der Waals surface area contributed by atoms with Gasteiger partial charge in [-0.1, -0.05) is 6.92 Å². The van der Waals surface area contributed by atoms with Crippen LogP contribution in [0.3, 0.4) is 0 Å². The van der Waals surface area contributed by atoms with E-state index >= 15 is 0 Å². The van der Waals surface area contributed by atoms with Crippen molar-refractivity contribution in [1.82, 2.24) is 0 Å². The van der Waals surface area contributed by atoms with Gasteiger partial charge in [0, 0.05) is 6.61 Å². The lowest BCUT2D eigenvalue weighted by Gasteiger charge is -2.24. The molecule has 1 atom stereocenters. The van der Waals surface area contributed by atoms with Gasteiger partial charge < -0.3 is 15.3 Å². The number of aliphatic hydroxyl groups excluding tert-OH is 1. The molecule has 1 radical (unpaired) electrons. The van der Waals surface area contributed by atoms with Crippen molar-refractivity contribution in [2.45, 2.75) is 31.3 Å². The summed E-state index contributed by atoms with van der Waals surface area (Å²) in [6, 6.07) is 0. The Morgan fingerprint density at radius 1 is 1.50 bits per heavy atom. The number of aliphatic carboxylic acids is 1. The number of rotatable bonds is 6. The standard InChI is InChI=1S/C8H15O4/c1-2-8(12,4-3-5-9)6-7(10)11/h9,12H,1-6H2,(H,10,11). The minimum Gasteiger partial charge on any atom is -0.481 e. The van der Waals surface area contributed by atoms with E-state index in [1.54, 1.807) is 0 Å². The van der Waals surface area contributed by atoms with Crippen LogP contribution in [0.2, 0.25) is 0 Å². The second-order valence-electron chi connectivity index (χ2n) is 2.87. The second kappa shape index (κ2) is 5.11. The van der Waals surface area contributed by atoms with Crippen LogP contribution in [-0.2, 0) is 4.79 Å². The molecule has 0 amide bonds. The van der Waals surface area contributed by atoms with E-state index in [4.69, 9.17) is 10.2 Å². The van der Waals surface area contributed by atoms with E-state index in [-0.39, 0.29) is 25.9 Å². The minimum atomic E-state index is -1.26. The van der Waals surface area contributed by atoms with E-state index in [2.05, 4.69) is 6.92 Å². The summed E-state index contributed by atoms with van der Waals surface area (Å²) in [7, 11) is 0. The number of hydrogen-bond donors (Lipinski definition) is 3. The summed E-state index contributed by atoms with van der Waals surface area (Å²) < 4.78 is 0. The van der Waals surface area contributed by atoms with Crippen LogP contribution in [0.5, 0.6) is 0 Å². The molecule has 0 saturated carbocycles. The van der Waals surface area contributed by atoms with Gasteiger partial charge in [0.15, 0.2) is 0 Å². The third-order valence-electron chi connectivity index (χ3n) is 1.75. The van der Waals surface area contributed by atoms with Crippen LogP contribution in [0.15, 0.2) is 0 Å². The third-order valence-corrected chi connectivity index (χ3v) is 1.75. The summed E-state index contributed by atoms with van der Waals surface area (Å²) >= 11 is 0. The van der Waals surface area contributed by atoms with E-state index in [1.165, 1.54) is 0 Å². The summed E-state index contributed by atoms with van der Waals surface area (Å²) in [4.78, 5) is 10.3. The summed E-state index contributed by atoms with van der Waals surface area (Å²) in [6.07, 6.45) is 0.522. The normalized spacial score (nSPS) is 15.6. The monoisotopic (exact) mass is 175 g/mol. The molecular formula is C8H15O4. The molecule has 0 rings (SSSR count). The van der Waals surface area contributed by atoms with Gasteiger partial charge in [-0.25, -0.2) is 0 Å². The summed E-state index contributed by atoms with van der Waals surface area (Å²) in [6.45, 7) is 3.43. The first kappa shape index (κ1) is 11.4. The predicted octanol–water partition coefficient (Wildman–Crippen LogP) is 0.189. The first-order chi connectivity index (χ1) is 5.54. The van der Waals surface area contributed by atoms with Gasteiger partial charge in [0.25, 0.3) is 0 Å². The van der Waals surface area contributed by atoms with Gasteiger partial charge in [-0.05, 0) is 19.3 Å². The Hall–Kier alpha value is -0.610. The minimum absolute atomic E-state index is 0.0398. The topological polar surface area (TPSA) is 77.8 Å². The van der Waals surface area contributed by atoms with Crippen molar-refractivity contribution in [3.05, 3.63) is 6.92 Å². The van der Waals surface area contributed by atoms with E-state index < -0.39 is 11.6 Å². The smallest absolute Gasteiger partial charge is 0.306 e. The van der Waals surface area contributed by atoms with Gasteiger partial charge in [-0.2, -0.15) is 0 Å². The maximum Gasteiger partial charge on any atom is 0.306 e. The molecule has 0 bridgehead atoms. The number of carboxylic acids is 1. The molecule has 4 heteroatoms. The number of aliphatic hydroxyl groups is 2. The highest BCUT2D eigenvalue weighted by Crippen LogP contribution is 2.20. The summed E-state index contributed by atoms with van der Waals surface area (Å²) in [5.41, 5.74) is -1.26. The van der Waals surface area contributed by atoms with Crippen molar-refractivity contribution in [2.75, 3.05) is 6.61 Å². The molecule has 0 aromatic rings. The van der Waals surface area contributed by atoms with Crippen molar-refractivity contribution >= 4 is 5.97 Å². The Bertz CT molecular complexity index is 146. The molecular weight excluding hydrogens is 160 g/mol. The molecule has 3 N–H and O–H groups in total. The molecule has 0 spiro atoms. The van der Waals surface area contributed by atoms with Crippen LogP contribution in [-0.4, -0.2) is 33.5 Å². The lowest BCUT2D eigenvalue weighted by Crippen LogP contribution is -2.31. The van der Waals surface area contributed by atoms with Gasteiger partial charge in [0.05, 0.1) is 12.0 Å². The van der Waals surface area contributed by atoms with Crippen LogP contribution < -0.4 is 0 Å². The summed E-state index contributed by atoms with van der Waals surface area (Å²) in [5, 5.41) is 26.5. The molecule has 0 fully saturated rings. The van der Waals surface area contributed by atoms with E-state index in [0.29, 0.717) is 6.42 Å². The Morgan fingerprint density at radius 2 is 2.08 bits per heavy atom. The molecule has 0 aromatic carbocycles. The van der Waals surface area contributed by atoms with Crippen molar-refractivity contribution in [1.29, 1.82) is 0 Å². The summed E-state index contributed by atoms with van der Waals surface area (Å²) in [5.74, 6) is -1.04. The van der Waals surface area contributed by atoms with Crippen molar-refractivity contribution < 1.29 is 20.1 Å². The lowest BCUT2D eigenvalue weighted by atomic mass is 9.91. The van der Waals surface area contributed by atoms with Crippen LogP contribution in [0.1, 0.15) is 25.7 Å². The zero-order chi connectivity index (χ0) is 9.61. The molecule has 0 saturated heterocycles. The second-order valence-corrected chi connectivity index (χ2v) is 2.87. The largest absolute Gasteiger partial charge is 0.481 e. The Morgan fingerprint density at radius 3 is 2.42 bits per heavy atom. The fourth-order valence-electron chi connectivity index (χ4n) is 0.991. The van der Waals surface area contributed by atoms with Crippen molar-refractivity contribution in [2.24, 2.45) is 0 Å². The molecule has 0 heterocycles. The molecule has 71 valence electrons. The van der Waals surface area contributed by atoms with Gasteiger partial charge in [0.1, 0.15) is 0 Å². The first-order valence-electron chi connectivity index (χ1n) is 3.88. The van der Waals surface area contributed by atoms with Crippen LogP contribution >= 0.6 is 0 Å². The Labute approximate surface area is 71.8 Å². The average Bonchev–Trinajstić information content (AvgIpc) is 2.00. The fraction of sp³-hybridized carbons (Fsp3) is 0.750. The third kappa shape index (κ3) is 4.31. The molecule has 0 aliphatic carbocycles. The van der Waals surface area contributed by atoms with Gasteiger partial charge in [-0.15, -0.1) is 0 Å². The van der Waals surface area contributed by atoms with Crippen LogP contribution in [0.4, 0.5) is 0 Å². The van der Waals surface area contributed by atoms with Crippen molar-refractivity contribution in [3.63, 3.8) is 0 Å². The molecule has 0 aliphatic heterocycles. The van der Waals surface area contributed by atoms with Gasteiger partial charge in [-0.3, -0.25) is 4.79 Å². The lowest BCUT2D eigenvalue weighted by molar-refractivity contribution is -0.142. The molecule has 0 aliphatic rings. The predicted molar refractivity (Wildman–Crippen MR) is 43.5 cm³/mol. The maximum absolute atomic E-state index is 10.3. The zero-order valence-electron chi connectivity index (χ0n) is 6.99. The van der Waals surface area contributed by atoms with E-state index in [0.717, 1.165) is 0 Å². The highest BCUT2D eigenvalue weighted by molar-refractivity contribution is 5.68. The fourth-order valence-corrected chi connectivity index (χ4v) is 0.991. The molecule has 1 unspecified atom stereocenters. The number of hydrogen-bond acceptors (Lipinski definition) is 3. The number of carbonyl (C=O) groups is 1. The highest BCUT2D eigenvalue weighted by atomic mass is 16.4. The highest BCUT2D eigenvalue weighted by Gasteiger charge is 2.27. The average molecular weight is 175 g/mol. The zero-order valence-corrected chi connectivity index (χ0v) is 6.99. The number of carboxylic acid groups (broad SMARTS) is 1. The van der Waals surface area contributed by atoms with Gasteiger partial charge >= 0.3 is 5.97 Å². The first-order valence-corrected chi connectivity index (χ1v) is 3.88. The Balaban J connectivity index is 3.95. The SMILES string of the molecule is [CH2]CC(O)(CCCO)CC(=O)O. The molecule has 4 nitrogen and oxygen atoms in total. The molecule has 12 heavy (non-hydrogen) atoms. The van der Waals surface area contributed by atoms with E-state index in [9.17, 15) is 9.90 Å².